The monoisotopic (exact) mass is 220 g/mol. The van der Waals surface area contributed by atoms with Crippen LogP contribution in [0.3, 0.4) is 0 Å². The van der Waals surface area contributed by atoms with Gasteiger partial charge in [0.1, 0.15) is 5.75 Å². The Hall–Kier alpha value is -1.77. The van der Waals surface area contributed by atoms with Crippen LogP contribution in [0.4, 0.5) is 0 Å². The van der Waals surface area contributed by atoms with Crippen molar-refractivity contribution in [1.29, 1.82) is 0 Å². The van der Waals surface area contributed by atoms with Crippen LogP contribution in [-0.4, -0.2) is 16.2 Å². The number of hydrogen-bond acceptors (Lipinski definition) is 2. The van der Waals surface area contributed by atoms with E-state index in [2.05, 4.69) is 6.58 Å². The van der Waals surface area contributed by atoms with Crippen molar-refractivity contribution in [2.45, 2.75) is 26.7 Å². The summed E-state index contributed by atoms with van der Waals surface area (Å²) in [7, 11) is 0. The number of hydrogen-bond donors (Lipinski definition) is 2. The number of phenols is 1. The minimum Gasteiger partial charge on any atom is -0.507 e. The molecule has 0 saturated heterocycles. The molecule has 1 rings (SSSR count). The normalized spacial score (nSPS) is 10.1. The van der Waals surface area contributed by atoms with Crippen LogP contribution in [0.2, 0.25) is 0 Å². The Morgan fingerprint density at radius 1 is 1.31 bits per heavy atom. The number of carboxylic acids is 1. The maximum Gasteiger partial charge on any atom is 0.330 e. The van der Waals surface area contributed by atoms with Crippen molar-refractivity contribution in [2.75, 3.05) is 0 Å². The number of aromatic hydroxyl groups is 1. The molecule has 16 heavy (non-hydrogen) atoms. The molecule has 86 valence electrons. The molecule has 0 aliphatic heterocycles. The van der Waals surface area contributed by atoms with Gasteiger partial charge in [-0.15, -0.1) is 0 Å². The Balaban J connectivity index is 2.76. The lowest BCUT2D eigenvalue weighted by atomic mass is 10.0. The number of carboxylic acid groups (broad SMARTS) is 1. The van der Waals surface area contributed by atoms with Crippen molar-refractivity contribution in [3.8, 4) is 5.75 Å². The van der Waals surface area contributed by atoms with E-state index in [0.29, 0.717) is 18.6 Å². The molecule has 0 amide bonds. The SMILES string of the molecule is C=C(CCc1cc(C)c(O)c(C)c1)C(=O)O. The lowest BCUT2D eigenvalue weighted by Crippen LogP contribution is -2.00. The fourth-order valence-corrected chi connectivity index (χ4v) is 1.59. The Morgan fingerprint density at radius 3 is 2.25 bits per heavy atom. The number of carbonyl (C=O) groups is 1. The van der Waals surface area contributed by atoms with E-state index in [0.717, 1.165) is 16.7 Å². The highest BCUT2D eigenvalue weighted by Crippen LogP contribution is 2.23. The van der Waals surface area contributed by atoms with Crippen LogP contribution in [0.5, 0.6) is 5.75 Å². The highest BCUT2D eigenvalue weighted by Gasteiger charge is 2.07. The minimum absolute atomic E-state index is 0.211. The number of rotatable bonds is 4. The van der Waals surface area contributed by atoms with Crippen LogP contribution in [0.25, 0.3) is 0 Å². The van der Waals surface area contributed by atoms with Gasteiger partial charge in [-0.3, -0.25) is 0 Å². The molecule has 0 atom stereocenters. The number of aryl methyl sites for hydroxylation is 3. The van der Waals surface area contributed by atoms with Gasteiger partial charge in [0.15, 0.2) is 0 Å². The predicted octanol–water partition coefficient (Wildman–Crippen LogP) is 2.58. The van der Waals surface area contributed by atoms with E-state index >= 15 is 0 Å². The van der Waals surface area contributed by atoms with Crippen molar-refractivity contribution < 1.29 is 15.0 Å². The van der Waals surface area contributed by atoms with Crippen molar-refractivity contribution in [2.24, 2.45) is 0 Å². The van der Waals surface area contributed by atoms with E-state index in [9.17, 15) is 9.90 Å². The fourth-order valence-electron chi connectivity index (χ4n) is 1.59. The molecule has 0 aromatic heterocycles. The van der Waals surface area contributed by atoms with E-state index < -0.39 is 5.97 Å². The largest absolute Gasteiger partial charge is 0.507 e. The van der Waals surface area contributed by atoms with Gasteiger partial charge >= 0.3 is 5.97 Å². The van der Waals surface area contributed by atoms with Gasteiger partial charge in [0.2, 0.25) is 0 Å². The molecule has 0 saturated carbocycles. The third-order valence-electron chi connectivity index (χ3n) is 2.57. The summed E-state index contributed by atoms with van der Waals surface area (Å²) in [6.45, 7) is 7.15. The first-order valence-corrected chi connectivity index (χ1v) is 5.12. The molecule has 1 aromatic rings. The summed E-state index contributed by atoms with van der Waals surface area (Å²) < 4.78 is 0. The quantitative estimate of drug-likeness (QED) is 0.767. The van der Waals surface area contributed by atoms with Gasteiger partial charge in [0, 0.05) is 5.57 Å². The fraction of sp³-hybridized carbons (Fsp3) is 0.308. The zero-order valence-electron chi connectivity index (χ0n) is 9.58. The molecule has 1 aromatic carbocycles. The maximum atomic E-state index is 10.6. The summed E-state index contributed by atoms with van der Waals surface area (Å²) in [5, 5.41) is 18.3. The second kappa shape index (κ2) is 4.84. The first-order valence-electron chi connectivity index (χ1n) is 5.12. The minimum atomic E-state index is -0.952. The van der Waals surface area contributed by atoms with E-state index in [1.54, 1.807) is 0 Å². The predicted molar refractivity (Wildman–Crippen MR) is 62.7 cm³/mol. The van der Waals surface area contributed by atoms with Gasteiger partial charge in [-0.2, -0.15) is 0 Å². The van der Waals surface area contributed by atoms with Crippen molar-refractivity contribution >= 4 is 5.97 Å². The van der Waals surface area contributed by atoms with E-state index in [1.165, 1.54) is 0 Å². The summed E-state index contributed by atoms with van der Waals surface area (Å²) in [6.07, 6.45) is 1.06. The number of phenolic OH excluding ortho intramolecular Hbond substituents is 1. The molecule has 0 heterocycles. The zero-order valence-corrected chi connectivity index (χ0v) is 9.58. The standard InChI is InChI=1S/C13H16O3/c1-8(13(15)16)4-5-11-6-9(2)12(14)10(3)7-11/h6-7,14H,1,4-5H2,2-3H3,(H,15,16). The van der Waals surface area contributed by atoms with Crippen molar-refractivity contribution in [1.82, 2.24) is 0 Å². The van der Waals surface area contributed by atoms with Gasteiger partial charge in [-0.1, -0.05) is 18.7 Å². The Labute approximate surface area is 95.0 Å². The maximum absolute atomic E-state index is 10.6. The zero-order chi connectivity index (χ0) is 12.3. The van der Waals surface area contributed by atoms with Crippen molar-refractivity contribution in [3.63, 3.8) is 0 Å². The topological polar surface area (TPSA) is 57.5 Å². The molecule has 0 aliphatic carbocycles. The molecule has 0 bridgehead atoms. The summed E-state index contributed by atoms with van der Waals surface area (Å²) in [6, 6.07) is 3.74. The molecule has 0 radical (unpaired) electrons. The second-order valence-corrected chi connectivity index (χ2v) is 3.99. The smallest absolute Gasteiger partial charge is 0.330 e. The third kappa shape index (κ3) is 2.86. The first kappa shape index (κ1) is 12.3. The van der Waals surface area contributed by atoms with E-state index in [1.807, 2.05) is 26.0 Å². The lowest BCUT2D eigenvalue weighted by Gasteiger charge is -2.07. The highest BCUT2D eigenvalue weighted by molar-refractivity contribution is 5.85. The number of benzene rings is 1. The molecule has 0 aliphatic rings. The van der Waals surface area contributed by atoms with Gasteiger partial charge in [-0.25, -0.2) is 4.79 Å². The molecule has 3 heteroatoms. The van der Waals surface area contributed by atoms with Gasteiger partial charge in [0.25, 0.3) is 0 Å². The van der Waals surface area contributed by atoms with Gasteiger partial charge < -0.3 is 10.2 Å². The summed E-state index contributed by atoms with van der Waals surface area (Å²) in [5.41, 5.74) is 2.87. The van der Waals surface area contributed by atoms with Crippen LogP contribution in [0.15, 0.2) is 24.3 Å². The van der Waals surface area contributed by atoms with Gasteiger partial charge in [-0.05, 0) is 43.4 Å². The second-order valence-electron chi connectivity index (χ2n) is 3.99. The Bertz CT molecular complexity index is 410. The van der Waals surface area contributed by atoms with E-state index in [-0.39, 0.29) is 5.57 Å². The molecule has 0 fully saturated rings. The van der Waals surface area contributed by atoms with Gasteiger partial charge in [0.05, 0.1) is 0 Å². The summed E-state index contributed by atoms with van der Waals surface area (Å²) in [4.78, 5) is 10.6. The van der Waals surface area contributed by atoms with Crippen LogP contribution in [0.1, 0.15) is 23.1 Å². The highest BCUT2D eigenvalue weighted by atomic mass is 16.4. The van der Waals surface area contributed by atoms with Crippen LogP contribution in [0, 0.1) is 13.8 Å². The average molecular weight is 220 g/mol. The summed E-state index contributed by atoms with van der Waals surface area (Å²) >= 11 is 0. The Kier molecular flexibility index (Phi) is 3.72. The lowest BCUT2D eigenvalue weighted by molar-refractivity contribution is -0.132. The first-order chi connectivity index (χ1) is 7.41. The van der Waals surface area contributed by atoms with Crippen LogP contribution < -0.4 is 0 Å². The molecule has 2 N–H and O–H groups in total. The van der Waals surface area contributed by atoms with E-state index in [4.69, 9.17) is 5.11 Å². The molecular formula is C13H16O3. The average Bonchev–Trinajstić information content (AvgIpc) is 2.22. The number of aliphatic carboxylic acids is 1. The van der Waals surface area contributed by atoms with Crippen molar-refractivity contribution in [3.05, 3.63) is 41.0 Å². The Morgan fingerprint density at radius 2 is 1.81 bits per heavy atom. The molecule has 0 spiro atoms. The van der Waals surface area contributed by atoms with Crippen LogP contribution in [-0.2, 0) is 11.2 Å². The molecule has 0 unspecified atom stereocenters. The van der Waals surface area contributed by atoms with Crippen LogP contribution >= 0.6 is 0 Å². The molecule has 3 nitrogen and oxygen atoms in total. The summed E-state index contributed by atoms with van der Waals surface area (Å²) in [5.74, 6) is -0.645. The molecular weight excluding hydrogens is 204 g/mol. The third-order valence-corrected chi connectivity index (χ3v) is 2.57.